The fourth-order valence-corrected chi connectivity index (χ4v) is 3.09. The first-order chi connectivity index (χ1) is 8.26. The number of hydrogen-bond donors (Lipinski definition) is 0. The second-order valence-electron chi connectivity index (χ2n) is 4.90. The van der Waals surface area contributed by atoms with Crippen LogP contribution < -0.4 is 0 Å². The lowest BCUT2D eigenvalue weighted by atomic mass is 10.0. The lowest BCUT2D eigenvalue weighted by molar-refractivity contribution is -0.145. The van der Waals surface area contributed by atoms with E-state index in [1.54, 1.807) is 0 Å². The van der Waals surface area contributed by atoms with Crippen molar-refractivity contribution in [2.75, 3.05) is 6.61 Å². The maximum atomic E-state index is 11.7. The van der Waals surface area contributed by atoms with E-state index < -0.39 is 0 Å². The summed E-state index contributed by atoms with van der Waals surface area (Å²) in [7, 11) is 0. The molecular formula is C14H17NO2. The van der Waals surface area contributed by atoms with Crippen LogP contribution in [0, 0.1) is 11.8 Å². The van der Waals surface area contributed by atoms with Gasteiger partial charge in [0.2, 0.25) is 0 Å². The van der Waals surface area contributed by atoms with Gasteiger partial charge < -0.3 is 4.74 Å². The maximum absolute atomic E-state index is 11.7. The molecule has 1 fully saturated rings. The van der Waals surface area contributed by atoms with Crippen molar-refractivity contribution in [1.82, 2.24) is 4.98 Å². The van der Waals surface area contributed by atoms with Gasteiger partial charge in [-0.2, -0.15) is 0 Å². The van der Waals surface area contributed by atoms with Crippen LogP contribution in [0.4, 0.5) is 0 Å². The number of carbonyl (C=O) groups is 1. The molecule has 0 amide bonds. The Balaban J connectivity index is 1.80. The Morgan fingerprint density at radius 3 is 3.06 bits per heavy atom. The summed E-state index contributed by atoms with van der Waals surface area (Å²) in [5.74, 6) is 0.963. The highest BCUT2D eigenvalue weighted by molar-refractivity contribution is 5.79. The normalized spacial score (nSPS) is 28.5. The van der Waals surface area contributed by atoms with Crippen LogP contribution >= 0.6 is 0 Å². The molecule has 3 atom stereocenters. The van der Waals surface area contributed by atoms with Gasteiger partial charge in [-0.25, -0.2) is 0 Å². The molecule has 17 heavy (non-hydrogen) atoms. The van der Waals surface area contributed by atoms with E-state index in [2.05, 4.69) is 18.0 Å². The summed E-state index contributed by atoms with van der Waals surface area (Å²) in [4.78, 5) is 16.1. The third kappa shape index (κ3) is 1.56. The largest absolute Gasteiger partial charge is 0.466 e. The average molecular weight is 231 g/mol. The second kappa shape index (κ2) is 3.83. The van der Waals surface area contributed by atoms with Gasteiger partial charge >= 0.3 is 5.97 Å². The van der Waals surface area contributed by atoms with E-state index in [0.29, 0.717) is 18.4 Å². The van der Waals surface area contributed by atoms with Crippen molar-refractivity contribution in [3.05, 3.63) is 29.1 Å². The average Bonchev–Trinajstić information content (AvgIpc) is 2.92. The monoisotopic (exact) mass is 231 g/mol. The fraction of sp³-hybridized carbons (Fsp3) is 0.571. The molecule has 3 heteroatoms. The van der Waals surface area contributed by atoms with Crippen LogP contribution in [0.1, 0.15) is 36.6 Å². The number of pyridine rings is 1. The molecule has 0 N–H and O–H groups in total. The Labute approximate surface area is 101 Å². The highest BCUT2D eigenvalue weighted by atomic mass is 16.5. The molecule has 0 radical (unpaired) electrons. The van der Waals surface area contributed by atoms with Gasteiger partial charge in [0.25, 0.3) is 0 Å². The first kappa shape index (κ1) is 10.8. The number of aryl methyl sites for hydroxylation is 1. The van der Waals surface area contributed by atoms with Crippen molar-refractivity contribution >= 4 is 5.97 Å². The van der Waals surface area contributed by atoms with Crippen molar-refractivity contribution in [1.29, 1.82) is 0 Å². The molecule has 0 saturated heterocycles. The zero-order valence-corrected chi connectivity index (χ0v) is 10.3. The molecule has 0 aliphatic heterocycles. The minimum absolute atomic E-state index is 0.0206. The predicted molar refractivity (Wildman–Crippen MR) is 63.7 cm³/mol. The van der Waals surface area contributed by atoms with E-state index in [0.717, 1.165) is 18.5 Å². The Kier molecular flexibility index (Phi) is 2.42. The third-order valence-electron chi connectivity index (χ3n) is 3.99. The van der Waals surface area contributed by atoms with E-state index >= 15 is 0 Å². The molecule has 1 heterocycles. The maximum Gasteiger partial charge on any atom is 0.309 e. The number of nitrogens with zero attached hydrogens (tertiary/aromatic N) is 1. The lowest BCUT2D eigenvalue weighted by Crippen LogP contribution is -2.11. The molecule has 90 valence electrons. The highest BCUT2D eigenvalue weighted by Gasteiger charge is 2.60. The summed E-state index contributed by atoms with van der Waals surface area (Å²) in [6.45, 7) is 4.46. The van der Waals surface area contributed by atoms with E-state index in [1.165, 1.54) is 11.1 Å². The molecule has 1 aromatic heterocycles. The summed E-state index contributed by atoms with van der Waals surface area (Å²) < 4.78 is 5.10. The molecule has 2 aliphatic rings. The van der Waals surface area contributed by atoms with Crippen molar-refractivity contribution in [3.8, 4) is 0 Å². The number of esters is 1. The van der Waals surface area contributed by atoms with Crippen LogP contribution in [0.15, 0.2) is 12.3 Å². The van der Waals surface area contributed by atoms with Gasteiger partial charge in [-0.05, 0) is 42.9 Å². The lowest BCUT2D eigenvalue weighted by Gasteiger charge is -2.08. The summed E-state index contributed by atoms with van der Waals surface area (Å²) >= 11 is 0. The molecule has 0 bridgehead atoms. The summed E-state index contributed by atoms with van der Waals surface area (Å²) in [6.07, 6.45) is 3.97. The number of rotatable bonds is 3. The first-order valence-corrected chi connectivity index (χ1v) is 6.40. The zero-order valence-electron chi connectivity index (χ0n) is 10.3. The topological polar surface area (TPSA) is 39.2 Å². The molecule has 3 nitrogen and oxygen atoms in total. The van der Waals surface area contributed by atoms with Crippen molar-refractivity contribution in [2.45, 2.75) is 32.6 Å². The van der Waals surface area contributed by atoms with Gasteiger partial charge in [0.1, 0.15) is 0 Å². The Morgan fingerprint density at radius 2 is 2.35 bits per heavy atom. The minimum Gasteiger partial charge on any atom is -0.466 e. The number of aromatic nitrogens is 1. The summed E-state index contributed by atoms with van der Waals surface area (Å²) in [6, 6.07) is 2.20. The zero-order chi connectivity index (χ0) is 12.0. The Morgan fingerprint density at radius 1 is 1.53 bits per heavy atom. The van der Waals surface area contributed by atoms with Gasteiger partial charge in [0.15, 0.2) is 0 Å². The van der Waals surface area contributed by atoms with Crippen LogP contribution in [0.5, 0.6) is 0 Å². The standard InChI is InChI=1S/C14H17NO2/c1-3-9-5-8-6-10-12(11(8)7-15-9)13(10)14(16)17-4-2/h5,7,10,12-13H,3-4,6H2,1-2H3. The number of carbonyl (C=O) groups excluding carboxylic acids is 1. The van der Waals surface area contributed by atoms with Crippen LogP contribution in [-0.2, 0) is 22.4 Å². The van der Waals surface area contributed by atoms with Gasteiger partial charge in [-0.1, -0.05) is 6.92 Å². The molecular weight excluding hydrogens is 214 g/mol. The summed E-state index contributed by atoms with van der Waals surface area (Å²) in [5.41, 5.74) is 3.83. The third-order valence-corrected chi connectivity index (χ3v) is 3.99. The van der Waals surface area contributed by atoms with Gasteiger partial charge in [-0.15, -0.1) is 0 Å². The van der Waals surface area contributed by atoms with Crippen LogP contribution in [0.2, 0.25) is 0 Å². The van der Waals surface area contributed by atoms with E-state index in [9.17, 15) is 4.79 Å². The van der Waals surface area contributed by atoms with Gasteiger partial charge in [0, 0.05) is 17.8 Å². The SMILES string of the molecule is CCOC(=O)C1C2Cc3cc(CC)ncc3C21. The Hall–Kier alpha value is -1.38. The molecule has 3 rings (SSSR count). The highest BCUT2D eigenvalue weighted by Crippen LogP contribution is 2.61. The molecule has 2 aliphatic carbocycles. The van der Waals surface area contributed by atoms with E-state index in [4.69, 9.17) is 4.74 Å². The van der Waals surface area contributed by atoms with Crippen molar-refractivity contribution < 1.29 is 9.53 Å². The van der Waals surface area contributed by atoms with Gasteiger partial charge in [-0.3, -0.25) is 9.78 Å². The smallest absolute Gasteiger partial charge is 0.309 e. The molecule has 1 saturated carbocycles. The molecule has 3 unspecified atom stereocenters. The van der Waals surface area contributed by atoms with Gasteiger partial charge in [0.05, 0.1) is 12.5 Å². The van der Waals surface area contributed by atoms with E-state index in [1.807, 2.05) is 13.1 Å². The van der Waals surface area contributed by atoms with Crippen LogP contribution in [-0.4, -0.2) is 17.6 Å². The van der Waals surface area contributed by atoms with E-state index in [-0.39, 0.29) is 11.9 Å². The van der Waals surface area contributed by atoms with Crippen LogP contribution in [0.3, 0.4) is 0 Å². The first-order valence-electron chi connectivity index (χ1n) is 6.40. The number of hydrogen-bond acceptors (Lipinski definition) is 3. The second-order valence-corrected chi connectivity index (χ2v) is 4.90. The van der Waals surface area contributed by atoms with Crippen molar-refractivity contribution in [3.63, 3.8) is 0 Å². The minimum atomic E-state index is -0.0206. The quantitative estimate of drug-likeness (QED) is 0.748. The van der Waals surface area contributed by atoms with Crippen molar-refractivity contribution in [2.24, 2.45) is 11.8 Å². The summed E-state index contributed by atoms with van der Waals surface area (Å²) in [5, 5.41) is 0. The number of fused-ring (bicyclic) bond motifs is 3. The Bertz CT molecular complexity index is 469. The number of ether oxygens (including phenoxy) is 1. The predicted octanol–water partition coefficient (Wildman–Crippen LogP) is 2.09. The fourth-order valence-electron chi connectivity index (χ4n) is 3.09. The molecule has 0 aromatic carbocycles. The molecule has 1 aromatic rings. The molecule has 0 spiro atoms. The van der Waals surface area contributed by atoms with Crippen LogP contribution in [0.25, 0.3) is 0 Å².